The van der Waals surface area contributed by atoms with E-state index in [2.05, 4.69) is 5.32 Å². The average Bonchev–Trinajstić information content (AvgIpc) is 2.06. The van der Waals surface area contributed by atoms with Gasteiger partial charge in [-0.1, -0.05) is 12.2 Å². The van der Waals surface area contributed by atoms with Gasteiger partial charge in [-0.2, -0.15) is 0 Å². The predicted molar refractivity (Wildman–Crippen MR) is 54.4 cm³/mol. The summed E-state index contributed by atoms with van der Waals surface area (Å²) in [6.45, 7) is 3.08. The number of carbonyl (C=O) groups excluding carboxylic acids is 2. The first-order valence-corrected chi connectivity index (χ1v) is 4.73. The third-order valence-electron chi connectivity index (χ3n) is 2.06. The molecule has 0 bridgehead atoms. The van der Waals surface area contributed by atoms with Gasteiger partial charge in [0.15, 0.2) is 0 Å². The lowest BCUT2D eigenvalue weighted by atomic mass is 9.94. The summed E-state index contributed by atoms with van der Waals surface area (Å²) in [4.78, 5) is 21.6. The predicted octanol–water partition coefficient (Wildman–Crippen LogP) is 1.56. The van der Waals surface area contributed by atoms with Crippen molar-refractivity contribution in [3.8, 4) is 0 Å². The SMILES string of the molecule is CC(=O)C[C@H]1C=CC(NC(C)=O)=CC1. The smallest absolute Gasteiger partial charge is 0.221 e. The number of allylic oxidation sites excluding steroid dienone is 3. The Bertz CT molecular complexity index is 302. The molecule has 3 heteroatoms. The molecule has 1 aliphatic carbocycles. The Kier molecular flexibility index (Phi) is 3.63. The van der Waals surface area contributed by atoms with Crippen LogP contribution in [0.1, 0.15) is 26.7 Å². The lowest BCUT2D eigenvalue weighted by molar-refractivity contribution is -0.119. The van der Waals surface area contributed by atoms with Gasteiger partial charge in [-0.15, -0.1) is 0 Å². The molecule has 0 saturated heterocycles. The molecule has 0 heterocycles. The van der Waals surface area contributed by atoms with Gasteiger partial charge in [-0.05, 0) is 25.3 Å². The number of hydrogen-bond donors (Lipinski definition) is 1. The van der Waals surface area contributed by atoms with Crippen molar-refractivity contribution in [2.24, 2.45) is 5.92 Å². The number of Topliss-reactive ketones (excluding diaryl/α,β-unsaturated/α-hetero) is 1. The molecular weight excluding hydrogens is 178 g/mol. The Labute approximate surface area is 83.9 Å². The van der Waals surface area contributed by atoms with E-state index >= 15 is 0 Å². The molecule has 76 valence electrons. The van der Waals surface area contributed by atoms with Crippen molar-refractivity contribution >= 4 is 11.7 Å². The average molecular weight is 193 g/mol. The first kappa shape index (κ1) is 10.7. The summed E-state index contributed by atoms with van der Waals surface area (Å²) in [6, 6.07) is 0. The van der Waals surface area contributed by atoms with E-state index in [1.807, 2.05) is 18.2 Å². The second-order valence-electron chi connectivity index (χ2n) is 3.60. The summed E-state index contributed by atoms with van der Waals surface area (Å²) in [5, 5.41) is 2.71. The summed E-state index contributed by atoms with van der Waals surface area (Å²) in [5.74, 6) is 0.437. The third-order valence-corrected chi connectivity index (χ3v) is 2.06. The van der Waals surface area contributed by atoms with Crippen LogP contribution in [0.5, 0.6) is 0 Å². The van der Waals surface area contributed by atoms with Crippen LogP contribution in [0.15, 0.2) is 23.9 Å². The monoisotopic (exact) mass is 193 g/mol. The highest BCUT2D eigenvalue weighted by atomic mass is 16.1. The molecule has 0 aliphatic heterocycles. The van der Waals surface area contributed by atoms with E-state index in [1.54, 1.807) is 6.92 Å². The van der Waals surface area contributed by atoms with Crippen molar-refractivity contribution in [2.45, 2.75) is 26.7 Å². The van der Waals surface area contributed by atoms with Crippen molar-refractivity contribution in [1.82, 2.24) is 5.32 Å². The summed E-state index contributed by atoms with van der Waals surface area (Å²) < 4.78 is 0. The maximum Gasteiger partial charge on any atom is 0.221 e. The van der Waals surface area contributed by atoms with E-state index in [0.717, 1.165) is 12.1 Å². The number of carbonyl (C=O) groups is 2. The quantitative estimate of drug-likeness (QED) is 0.739. The molecular formula is C11H15NO2. The van der Waals surface area contributed by atoms with Gasteiger partial charge in [0.05, 0.1) is 0 Å². The Hall–Kier alpha value is -1.38. The molecule has 14 heavy (non-hydrogen) atoms. The Morgan fingerprint density at radius 1 is 1.50 bits per heavy atom. The molecule has 3 nitrogen and oxygen atoms in total. The first-order valence-electron chi connectivity index (χ1n) is 4.73. The van der Waals surface area contributed by atoms with Crippen LogP contribution in [-0.4, -0.2) is 11.7 Å². The van der Waals surface area contributed by atoms with Crippen molar-refractivity contribution < 1.29 is 9.59 Å². The van der Waals surface area contributed by atoms with Crippen LogP contribution in [0.4, 0.5) is 0 Å². The zero-order valence-electron chi connectivity index (χ0n) is 8.54. The highest BCUT2D eigenvalue weighted by Crippen LogP contribution is 2.18. The molecule has 0 spiro atoms. The van der Waals surface area contributed by atoms with Gasteiger partial charge in [0.2, 0.25) is 5.91 Å². The van der Waals surface area contributed by atoms with Crippen LogP contribution >= 0.6 is 0 Å². The highest BCUT2D eigenvalue weighted by molar-refractivity contribution is 5.76. The van der Waals surface area contributed by atoms with Crippen LogP contribution in [0.2, 0.25) is 0 Å². The molecule has 0 aromatic carbocycles. The largest absolute Gasteiger partial charge is 0.327 e. The zero-order valence-corrected chi connectivity index (χ0v) is 8.54. The summed E-state index contributed by atoms with van der Waals surface area (Å²) in [7, 11) is 0. The first-order chi connectivity index (χ1) is 6.58. The topological polar surface area (TPSA) is 46.2 Å². The van der Waals surface area contributed by atoms with Crippen molar-refractivity contribution in [3.63, 3.8) is 0 Å². The maximum absolute atomic E-state index is 10.8. The molecule has 1 atom stereocenters. The molecule has 1 rings (SSSR count). The number of nitrogens with one attached hydrogen (secondary N) is 1. The minimum Gasteiger partial charge on any atom is -0.327 e. The lowest BCUT2D eigenvalue weighted by Crippen LogP contribution is -2.19. The van der Waals surface area contributed by atoms with Crippen LogP contribution < -0.4 is 5.32 Å². The van der Waals surface area contributed by atoms with E-state index in [-0.39, 0.29) is 11.7 Å². The van der Waals surface area contributed by atoms with Crippen LogP contribution in [0, 0.1) is 5.92 Å². The van der Waals surface area contributed by atoms with E-state index < -0.39 is 0 Å². The Morgan fingerprint density at radius 2 is 2.21 bits per heavy atom. The standard InChI is InChI=1S/C11H15NO2/c1-8(13)7-10-3-5-11(6-4-10)12-9(2)14/h3,5-6,10H,4,7H2,1-2H3,(H,12,14)/t10-/m0/s1. The second kappa shape index (κ2) is 4.74. The van der Waals surface area contributed by atoms with Crippen molar-refractivity contribution in [1.29, 1.82) is 0 Å². The van der Waals surface area contributed by atoms with Gasteiger partial charge in [0, 0.05) is 19.0 Å². The molecule has 0 saturated carbocycles. The third kappa shape index (κ3) is 3.56. The normalized spacial score (nSPS) is 20.1. The number of hydrogen-bond acceptors (Lipinski definition) is 2. The van der Waals surface area contributed by atoms with E-state index in [4.69, 9.17) is 0 Å². The van der Waals surface area contributed by atoms with Gasteiger partial charge in [0.25, 0.3) is 0 Å². The van der Waals surface area contributed by atoms with E-state index in [9.17, 15) is 9.59 Å². The van der Waals surface area contributed by atoms with Crippen molar-refractivity contribution in [3.05, 3.63) is 23.9 Å². The minimum atomic E-state index is -0.0640. The Morgan fingerprint density at radius 3 is 2.64 bits per heavy atom. The van der Waals surface area contributed by atoms with E-state index in [0.29, 0.717) is 12.3 Å². The van der Waals surface area contributed by atoms with Gasteiger partial charge < -0.3 is 10.1 Å². The number of amides is 1. The Balaban J connectivity index is 2.44. The molecule has 1 amide bonds. The fourth-order valence-corrected chi connectivity index (χ4v) is 1.48. The molecule has 1 N–H and O–H groups in total. The maximum atomic E-state index is 10.8. The minimum absolute atomic E-state index is 0.0640. The van der Waals surface area contributed by atoms with Gasteiger partial charge in [0.1, 0.15) is 5.78 Å². The van der Waals surface area contributed by atoms with Crippen molar-refractivity contribution in [2.75, 3.05) is 0 Å². The molecule has 0 aromatic heterocycles. The zero-order chi connectivity index (χ0) is 10.6. The summed E-state index contributed by atoms with van der Waals surface area (Å²) in [5.41, 5.74) is 0.831. The van der Waals surface area contributed by atoms with Gasteiger partial charge in [-0.25, -0.2) is 0 Å². The summed E-state index contributed by atoms with van der Waals surface area (Å²) in [6.07, 6.45) is 7.20. The molecule has 0 fully saturated rings. The molecule has 0 radical (unpaired) electrons. The fraction of sp³-hybridized carbons (Fsp3) is 0.455. The summed E-state index contributed by atoms with van der Waals surface area (Å²) >= 11 is 0. The lowest BCUT2D eigenvalue weighted by Gasteiger charge is -2.14. The highest BCUT2D eigenvalue weighted by Gasteiger charge is 2.10. The van der Waals surface area contributed by atoms with Gasteiger partial charge >= 0.3 is 0 Å². The van der Waals surface area contributed by atoms with Crippen LogP contribution in [0.3, 0.4) is 0 Å². The van der Waals surface area contributed by atoms with Crippen LogP contribution in [-0.2, 0) is 9.59 Å². The second-order valence-corrected chi connectivity index (χ2v) is 3.60. The number of rotatable bonds is 3. The van der Waals surface area contributed by atoms with Gasteiger partial charge in [-0.3, -0.25) is 4.79 Å². The molecule has 1 aliphatic rings. The fourth-order valence-electron chi connectivity index (χ4n) is 1.48. The van der Waals surface area contributed by atoms with E-state index in [1.165, 1.54) is 6.92 Å². The van der Waals surface area contributed by atoms with Crippen LogP contribution in [0.25, 0.3) is 0 Å². The molecule has 0 aromatic rings. The molecule has 0 unspecified atom stereocenters. The number of ketones is 1.